The van der Waals surface area contributed by atoms with Gasteiger partial charge in [-0.2, -0.15) is 0 Å². The first-order valence-corrected chi connectivity index (χ1v) is 3.39. The van der Waals surface area contributed by atoms with Crippen molar-refractivity contribution in [3.8, 4) is 0 Å². The lowest BCUT2D eigenvalue weighted by molar-refractivity contribution is 0.0952. The van der Waals surface area contributed by atoms with Gasteiger partial charge in [-0.25, -0.2) is 4.79 Å². The smallest absolute Gasteiger partial charge is 0.414 e. The predicted octanol–water partition coefficient (Wildman–Crippen LogP) is 0.333. The fourth-order valence-corrected chi connectivity index (χ4v) is 0.928. The molecule has 1 unspecified atom stereocenters. The Labute approximate surface area is 65.1 Å². The highest BCUT2D eigenvalue weighted by Crippen LogP contribution is 2.14. The van der Waals surface area contributed by atoms with E-state index in [0.29, 0.717) is 12.2 Å². The van der Waals surface area contributed by atoms with E-state index in [0.717, 1.165) is 0 Å². The quantitative estimate of drug-likeness (QED) is 0.628. The maximum Gasteiger partial charge on any atom is 0.414 e. The van der Waals surface area contributed by atoms with Crippen molar-refractivity contribution in [1.82, 2.24) is 4.90 Å². The highest BCUT2D eigenvalue weighted by molar-refractivity contribution is 5.71. The van der Waals surface area contributed by atoms with E-state index in [1.54, 1.807) is 6.92 Å². The van der Waals surface area contributed by atoms with E-state index in [4.69, 9.17) is 9.84 Å². The highest BCUT2D eigenvalue weighted by atomic mass is 16.6. The number of rotatable bonds is 2. The number of carbonyl (C=O) groups excluding carboxylic acids is 1. The van der Waals surface area contributed by atoms with Crippen molar-refractivity contribution >= 4 is 6.09 Å². The Morgan fingerprint density at radius 1 is 2.00 bits per heavy atom. The molecule has 0 aliphatic carbocycles. The maximum absolute atomic E-state index is 10.9. The monoisotopic (exact) mass is 157 g/mol. The molecule has 1 aliphatic rings. The van der Waals surface area contributed by atoms with Crippen molar-refractivity contribution in [3.63, 3.8) is 0 Å². The van der Waals surface area contributed by atoms with Gasteiger partial charge in [-0.15, -0.1) is 0 Å². The number of hydrogen-bond donors (Lipinski definition) is 1. The molecule has 0 aromatic rings. The third-order valence-corrected chi connectivity index (χ3v) is 1.54. The third kappa shape index (κ3) is 1.51. The second kappa shape index (κ2) is 2.92. The highest BCUT2D eigenvalue weighted by Gasteiger charge is 2.30. The summed E-state index contributed by atoms with van der Waals surface area (Å²) in [7, 11) is 0. The molecule has 0 aromatic carbocycles. The van der Waals surface area contributed by atoms with Crippen LogP contribution in [0, 0.1) is 0 Å². The van der Waals surface area contributed by atoms with Gasteiger partial charge >= 0.3 is 6.09 Å². The number of amides is 1. The van der Waals surface area contributed by atoms with Crippen LogP contribution in [0.5, 0.6) is 0 Å². The van der Waals surface area contributed by atoms with Crippen LogP contribution in [0.25, 0.3) is 0 Å². The standard InChI is InChI=1S/C7H11NO3/c1-5(2)8-3-6(4-9)11-7(8)10/h6,9H,1,3-4H2,2H3. The lowest BCUT2D eigenvalue weighted by atomic mass is 10.3. The molecule has 11 heavy (non-hydrogen) atoms. The molecule has 0 bridgehead atoms. The molecule has 4 heteroatoms. The summed E-state index contributed by atoms with van der Waals surface area (Å²) >= 11 is 0. The van der Waals surface area contributed by atoms with Gasteiger partial charge in [0.25, 0.3) is 0 Å². The van der Waals surface area contributed by atoms with E-state index in [1.807, 2.05) is 0 Å². The molecule has 0 spiro atoms. The van der Waals surface area contributed by atoms with E-state index >= 15 is 0 Å². The lowest BCUT2D eigenvalue weighted by Gasteiger charge is -2.10. The van der Waals surface area contributed by atoms with Gasteiger partial charge in [0.1, 0.15) is 6.10 Å². The Morgan fingerprint density at radius 2 is 2.64 bits per heavy atom. The van der Waals surface area contributed by atoms with Crippen LogP contribution in [-0.4, -0.2) is 35.4 Å². The van der Waals surface area contributed by atoms with Gasteiger partial charge in [-0.1, -0.05) is 6.58 Å². The molecule has 1 N–H and O–H groups in total. The zero-order valence-electron chi connectivity index (χ0n) is 6.41. The average molecular weight is 157 g/mol. The Bertz CT molecular complexity index is 190. The van der Waals surface area contributed by atoms with Gasteiger partial charge in [0, 0.05) is 5.70 Å². The summed E-state index contributed by atoms with van der Waals surface area (Å²) in [6.45, 7) is 5.60. The minimum atomic E-state index is -0.420. The average Bonchev–Trinajstić information content (AvgIpc) is 2.30. The van der Waals surface area contributed by atoms with Crippen LogP contribution in [0.4, 0.5) is 4.79 Å². The topological polar surface area (TPSA) is 49.8 Å². The molecule has 1 rings (SSSR count). The molecule has 0 saturated carbocycles. The number of carbonyl (C=O) groups is 1. The van der Waals surface area contributed by atoms with Gasteiger partial charge in [0.2, 0.25) is 0 Å². The number of ether oxygens (including phenoxy) is 1. The van der Waals surface area contributed by atoms with Gasteiger partial charge in [0.15, 0.2) is 0 Å². The van der Waals surface area contributed by atoms with Crippen LogP contribution in [0.15, 0.2) is 12.3 Å². The third-order valence-electron chi connectivity index (χ3n) is 1.54. The summed E-state index contributed by atoms with van der Waals surface area (Å²) in [6, 6.07) is 0. The van der Waals surface area contributed by atoms with Crippen molar-refractivity contribution in [2.24, 2.45) is 0 Å². The normalized spacial score (nSPS) is 23.6. The first-order valence-electron chi connectivity index (χ1n) is 3.39. The number of nitrogens with zero attached hydrogens (tertiary/aromatic N) is 1. The number of cyclic esters (lactones) is 1. The molecule has 1 fully saturated rings. The SMILES string of the molecule is C=C(C)N1CC(CO)OC1=O. The molecule has 62 valence electrons. The molecule has 0 radical (unpaired) electrons. The van der Waals surface area contributed by atoms with E-state index in [9.17, 15) is 4.79 Å². The van der Waals surface area contributed by atoms with Crippen molar-refractivity contribution in [2.45, 2.75) is 13.0 Å². The molecule has 1 aliphatic heterocycles. The van der Waals surface area contributed by atoms with Crippen molar-refractivity contribution in [1.29, 1.82) is 0 Å². The fraction of sp³-hybridized carbons (Fsp3) is 0.571. The number of aliphatic hydroxyl groups excluding tert-OH is 1. The first-order chi connectivity index (χ1) is 5.15. The maximum atomic E-state index is 10.9. The van der Waals surface area contributed by atoms with Gasteiger partial charge in [-0.05, 0) is 6.92 Å². The second-order valence-electron chi connectivity index (χ2n) is 2.53. The van der Waals surface area contributed by atoms with Crippen LogP contribution in [-0.2, 0) is 4.74 Å². The Kier molecular flexibility index (Phi) is 2.14. The van der Waals surface area contributed by atoms with Crippen LogP contribution >= 0.6 is 0 Å². The minimum absolute atomic E-state index is 0.129. The molecule has 0 aromatic heterocycles. The van der Waals surface area contributed by atoms with Crippen molar-refractivity contribution in [3.05, 3.63) is 12.3 Å². The van der Waals surface area contributed by atoms with Gasteiger partial charge in [0.05, 0.1) is 13.2 Å². The van der Waals surface area contributed by atoms with Crippen molar-refractivity contribution in [2.75, 3.05) is 13.2 Å². The fourth-order valence-electron chi connectivity index (χ4n) is 0.928. The van der Waals surface area contributed by atoms with Crippen LogP contribution < -0.4 is 0 Å². The van der Waals surface area contributed by atoms with Crippen LogP contribution in [0.2, 0.25) is 0 Å². The first kappa shape index (κ1) is 8.07. The summed E-state index contributed by atoms with van der Waals surface area (Å²) in [4.78, 5) is 12.3. The predicted molar refractivity (Wildman–Crippen MR) is 38.9 cm³/mol. The molecular formula is C7H11NO3. The largest absolute Gasteiger partial charge is 0.441 e. The molecule has 1 saturated heterocycles. The molecule has 1 atom stereocenters. The zero-order valence-corrected chi connectivity index (χ0v) is 6.41. The summed E-state index contributed by atoms with van der Waals surface area (Å²) < 4.78 is 4.76. The van der Waals surface area contributed by atoms with Crippen molar-refractivity contribution < 1.29 is 14.6 Å². The van der Waals surface area contributed by atoms with Gasteiger partial charge < -0.3 is 9.84 Å². The number of aliphatic hydroxyl groups is 1. The number of hydrogen-bond acceptors (Lipinski definition) is 3. The summed E-state index contributed by atoms with van der Waals surface area (Å²) in [6.07, 6.45) is -0.809. The molecule has 1 heterocycles. The lowest BCUT2D eigenvalue weighted by Crippen LogP contribution is -2.23. The van der Waals surface area contributed by atoms with Crippen LogP contribution in [0.3, 0.4) is 0 Å². The molecule has 4 nitrogen and oxygen atoms in total. The zero-order chi connectivity index (χ0) is 8.43. The number of allylic oxidation sites excluding steroid dienone is 1. The summed E-state index contributed by atoms with van der Waals surface area (Å²) in [5.41, 5.74) is 0.644. The van der Waals surface area contributed by atoms with Crippen LogP contribution in [0.1, 0.15) is 6.92 Å². The molecular weight excluding hydrogens is 146 g/mol. The summed E-state index contributed by atoms with van der Waals surface area (Å²) in [5.74, 6) is 0. The Hall–Kier alpha value is -1.03. The van der Waals surface area contributed by atoms with E-state index in [-0.39, 0.29) is 12.7 Å². The van der Waals surface area contributed by atoms with E-state index in [1.165, 1.54) is 4.90 Å². The van der Waals surface area contributed by atoms with E-state index in [2.05, 4.69) is 6.58 Å². The minimum Gasteiger partial charge on any atom is -0.441 e. The van der Waals surface area contributed by atoms with Gasteiger partial charge in [-0.3, -0.25) is 4.90 Å². The second-order valence-corrected chi connectivity index (χ2v) is 2.53. The summed E-state index contributed by atoms with van der Waals surface area (Å²) in [5, 5.41) is 8.65. The molecule has 1 amide bonds. The Morgan fingerprint density at radius 3 is 2.91 bits per heavy atom. The Balaban J connectivity index is 2.59. The van der Waals surface area contributed by atoms with E-state index < -0.39 is 6.09 Å².